The predicted octanol–water partition coefficient (Wildman–Crippen LogP) is -0.795. The van der Waals surface area contributed by atoms with Gasteiger partial charge in [0.2, 0.25) is 0 Å². The van der Waals surface area contributed by atoms with Gasteiger partial charge in [-0.3, -0.25) is 4.79 Å². The lowest BCUT2D eigenvalue weighted by atomic mass is 10.2. The molecule has 9 heavy (non-hydrogen) atoms. The Balaban J connectivity index is 2.44. The highest BCUT2D eigenvalue weighted by atomic mass is 19.1. The Morgan fingerprint density at radius 3 is 2.78 bits per heavy atom. The molecule has 0 spiro atoms. The van der Waals surface area contributed by atoms with Gasteiger partial charge in [-0.1, -0.05) is 0 Å². The standard InChI is InChI=1S/C5H8FNO2/c6-4-1-3(2-8)7-5(4)9/h3-4,8H,1-2H2,(H,7,9)/t3?,4-/m0/s1. The lowest BCUT2D eigenvalue weighted by Crippen LogP contribution is -2.29. The van der Waals surface area contributed by atoms with Crippen molar-refractivity contribution in [2.75, 3.05) is 6.61 Å². The lowest BCUT2D eigenvalue weighted by molar-refractivity contribution is -0.123. The first-order valence-corrected chi connectivity index (χ1v) is 2.79. The molecule has 2 N–H and O–H groups in total. The van der Waals surface area contributed by atoms with Crippen LogP contribution in [0.1, 0.15) is 6.42 Å². The molecular weight excluding hydrogens is 125 g/mol. The molecule has 2 atom stereocenters. The second-order valence-corrected chi connectivity index (χ2v) is 2.09. The van der Waals surface area contributed by atoms with Crippen molar-refractivity contribution in [1.82, 2.24) is 5.32 Å². The van der Waals surface area contributed by atoms with Crippen LogP contribution in [-0.4, -0.2) is 29.8 Å². The van der Waals surface area contributed by atoms with Crippen molar-refractivity contribution in [3.63, 3.8) is 0 Å². The molecule has 0 aromatic carbocycles. The topological polar surface area (TPSA) is 49.3 Å². The first kappa shape index (κ1) is 6.48. The van der Waals surface area contributed by atoms with Crippen molar-refractivity contribution >= 4 is 5.91 Å². The van der Waals surface area contributed by atoms with Crippen LogP contribution in [-0.2, 0) is 4.79 Å². The molecule has 52 valence electrons. The van der Waals surface area contributed by atoms with Crippen molar-refractivity contribution in [3.8, 4) is 0 Å². The molecule has 0 aromatic heterocycles. The molecule has 3 nitrogen and oxygen atoms in total. The van der Waals surface area contributed by atoms with Crippen molar-refractivity contribution in [3.05, 3.63) is 0 Å². The number of hydrogen-bond acceptors (Lipinski definition) is 2. The SMILES string of the molecule is O=C1NC(CO)C[C@@H]1F. The zero-order valence-corrected chi connectivity index (χ0v) is 4.80. The fourth-order valence-electron chi connectivity index (χ4n) is 0.828. The molecule has 4 heteroatoms. The minimum absolute atomic E-state index is 0.106. The van der Waals surface area contributed by atoms with E-state index in [-0.39, 0.29) is 19.1 Å². The van der Waals surface area contributed by atoms with Gasteiger partial charge in [-0.2, -0.15) is 0 Å². The zero-order valence-electron chi connectivity index (χ0n) is 4.80. The number of halogens is 1. The van der Waals surface area contributed by atoms with Crippen LogP contribution in [0.4, 0.5) is 4.39 Å². The summed E-state index contributed by atoms with van der Waals surface area (Å²) in [5, 5.41) is 10.7. The number of aliphatic hydroxyl groups excluding tert-OH is 1. The fourth-order valence-corrected chi connectivity index (χ4v) is 0.828. The first-order chi connectivity index (χ1) is 4.24. The molecule has 0 aromatic rings. The van der Waals surface area contributed by atoms with Gasteiger partial charge in [0.15, 0.2) is 6.17 Å². The van der Waals surface area contributed by atoms with Gasteiger partial charge in [-0.15, -0.1) is 0 Å². The van der Waals surface area contributed by atoms with E-state index in [2.05, 4.69) is 5.32 Å². The highest BCUT2D eigenvalue weighted by Crippen LogP contribution is 2.09. The molecule has 1 amide bonds. The second-order valence-electron chi connectivity index (χ2n) is 2.09. The number of aliphatic hydroxyl groups is 1. The summed E-state index contributed by atoms with van der Waals surface area (Å²) in [6, 6.07) is -0.368. The summed E-state index contributed by atoms with van der Waals surface area (Å²) < 4.78 is 12.2. The average Bonchev–Trinajstić information content (AvgIpc) is 2.13. The minimum atomic E-state index is -1.41. The summed E-state index contributed by atoms with van der Waals surface area (Å²) in [6.07, 6.45) is -1.31. The van der Waals surface area contributed by atoms with Crippen molar-refractivity contribution in [1.29, 1.82) is 0 Å². The summed E-state index contributed by atoms with van der Waals surface area (Å²) in [6.45, 7) is -0.174. The van der Waals surface area contributed by atoms with Crippen LogP contribution < -0.4 is 5.32 Å². The van der Waals surface area contributed by atoms with E-state index in [0.29, 0.717) is 0 Å². The van der Waals surface area contributed by atoms with Crippen molar-refractivity contribution in [2.24, 2.45) is 0 Å². The maximum absolute atomic E-state index is 12.2. The average molecular weight is 133 g/mol. The molecule has 0 aliphatic carbocycles. The van der Waals surface area contributed by atoms with E-state index in [1.54, 1.807) is 0 Å². The van der Waals surface area contributed by atoms with E-state index in [4.69, 9.17) is 5.11 Å². The van der Waals surface area contributed by atoms with Crippen LogP contribution in [0, 0.1) is 0 Å². The summed E-state index contributed by atoms with van der Waals surface area (Å²) in [7, 11) is 0. The molecule has 0 saturated carbocycles. The molecule has 1 saturated heterocycles. The Labute approximate surface area is 51.9 Å². The van der Waals surface area contributed by atoms with E-state index in [0.717, 1.165) is 0 Å². The van der Waals surface area contributed by atoms with E-state index < -0.39 is 12.1 Å². The number of alkyl halides is 1. The Bertz CT molecular complexity index is 128. The van der Waals surface area contributed by atoms with Gasteiger partial charge >= 0.3 is 0 Å². The second kappa shape index (κ2) is 2.31. The number of hydrogen-bond donors (Lipinski definition) is 2. The molecule has 0 bridgehead atoms. The summed E-state index contributed by atoms with van der Waals surface area (Å²) >= 11 is 0. The summed E-state index contributed by atoms with van der Waals surface area (Å²) in [4.78, 5) is 10.3. The highest BCUT2D eigenvalue weighted by Gasteiger charge is 2.30. The molecule has 1 unspecified atom stereocenters. The molecule has 1 rings (SSSR count). The third kappa shape index (κ3) is 1.18. The summed E-state index contributed by atoms with van der Waals surface area (Å²) in [5.41, 5.74) is 0. The minimum Gasteiger partial charge on any atom is -0.394 e. The van der Waals surface area contributed by atoms with Crippen LogP contribution in [0.5, 0.6) is 0 Å². The number of rotatable bonds is 1. The van der Waals surface area contributed by atoms with Crippen LogP contribution in [0.15, 0.2) is 0 Å². The quantitative estimate of drug-likeness (QED) is 0.492. The monoisotopic (exact) mass is 133 g/mol. The zero-order chi connectivity index (χ0) is 6.85. The van der Waals surface area contributed by atoms with Crippen LogP contribution in [0.2, 0.25) is 0 Å². The predicted molar refractivity (Wildman–Crippen MR) is 28.5 cm³/mol. The third-order valence-electron chi connectivity index (χ3n) is 1.34. The smallest absolute Gasteiger partial charge is 0.254 e. The van der Waals surface area contributed by atoms with Gasteiger partial charge in [0.1, 0.15) is 0 Å². The highest BCUT2D eigenvalue weighted by molar-refractivity contribution is 5.83. The first-order valence-electron chi connectivity index (χ1n) is 2.79. The normalized spacial score (nSPS) is 34.7. The lowest BCUT2D eigenvalue weighted by Gasteiger charge is -2.01. The molecule has 1 aliphatic heterocycles. The van der Waals surface area contributed by atoms with Crippen molar-refractivity contribution in [2.45, 2.75) is 18.6 Å². The maximum Gasteiger partial charge on any atom is 0.254 e. The largest absolute Gasteiger partial charge is 0.394 e. The molecule has 0 radical (unpaired) electrons. The van der Waals surface area contributed by atoms with E-state index >= 15 is 0 Å². The molecular formula is C5H8FNO2. The third-order valence-corrected chi connectivity index (χ3v) is 1.34. The maximum atomic E-state index is 12.2. The number of carbonyl (C=O) groups excluding carboxylic acids is 1. The van der Waals surface area contributed by atoms with Crippen LogP contribution in [0.25, 0.3) is 0 Å². The van der Waals surface area contributed by atoms with Gasteiger partial charge in [-0.25, -0.2) is 4.39 Å². The number of amides is 1. The van der Waals surface area contributed by atoms with Gasteiger partial charge in [0, 0.05) is 6.42 Å². The summed E-state index contributed by atoms with van der Waals surface area (Å²) in [5.74, 6) is -0.603. The van der Waals surface area contributed by atoms with Crippen molar-refractivity contribution < 1.29 is 14.3 Å². The van der Waals surface area contributed by atoms with Gasteiger partial charge in [0.25, 0.3) is 5.91 Å². The van der Waals surface area contributed by atoms with E-state index in [9.17, 15) is 9.18 Å². The van der Waals surface area contributed by atoms with Crippen LogP contribution in [0.3, 0.4) is 0 Å². The number of carbonyl (C=O) groups is 1. The Morgan fingerprint density at radius 2 is 2.56 bits per heavy atom. The number of nitrogens with one attached hydrogen (secondary N) is 1. The fraction of sp³-hybridized carbons (Fsp3) is 0.800. The molecule has 1 aliphatic rings. The van der Waals surface area contributed by atoms with Crippen LogP contribution >= 0.6 is 0 Å². The van der Waals surface area contributed by atoms with E-state index in [1.807, 2.05) is 0 Å². The molecule has 1 fully saturated rings. The van der Waals surface area contributed by atoms with Gasteiger partial charge in [-0.05, 0) is 0 Å². The van der Waals surface area contributed by atoms with Gasteiger partial charge in [0.05, 0.1) is 12.6 Å². The Hall–Kier alpha value is -0.640. The Kier molecular flexibility index (Phi) is 1.66. The van der Waals surface area contributed by atoms with Gasteiger partial charge < -0.3 is 10.4 Å². The molecule has 1 heterocycles. The Morgan fingerprint density at radius 1 is 1.89 bits per heavy atom. The van der Waals surface area contributed by atoms with E-state index in [1.165, 1.54) is 0 Å².